The lowest BCUT2D eigenvalue weighted by molar-refractivity contribution is 0.104. The lowest BCUT2D eigenvalue weighted by atomic mass is 10.1. The molecule has 2 aromatic carbocycles. The molecule has 1 aliphatic rings. The molecule has 0 spiro atoms. The Bertz CT molecular complexity index is 759. The molecule has 0 bridgehead atoms. The number of hydrogen-bond acceptors (Lipinski definition) is 3. The van der Waals surface area contributed by atoms with Gasteiger partial charge in [-0.25, -0.2) is 0 Å². The highest BCUT2D eigenvalue weighted by molar-refractivity contribution is 6.15. The van der Waals surface area contributed by atoms with E-state index in [0.29, 0.717) is 24.5 Å². The highest BCUT2D eigenvalue weighted by Crippen LogP contribution is 2.31. The van der Waals surface area contributed by atoms with Crippen molar-refractivity contribution in [3.63, 3.8) is 0 Å². The molecule has 0 saturated carbocycles. The van der Waals surface area contributed by atoms with Crippen molar-refractivity contribution in [2.75, 3.05) is 13.7 Å². The lowest BCUT2D eigenvalue weighted by Gasteiger charge is -2.10. The fourth-order valence-corrected chi connectivity index (χ4v) is 2.78. The van der Waals surface area contributed by atoms with Gasteiger partial charge in [-0.15, -0.1) is 0 Å². The molecular formula is C20H20O3. The van der Waals surface area contributed by atoms with Gasteiger partial charge in [0.25, 0.3) is 0 Å². The van der Waals surface area contributed by atoms with Crippen LogP contribution in [-0.2, 0) is 6.42 Å². The van der Waals surface area contributed by atoms with Gasteiger partial charge in [-0.05, 0) is 35.8 Å². The number of rotatable bonds is 5. The lowest BCUT2D eigenvalue weighted by Crippen LogP contribution is -1.98. The zero-order valence-corrected chi connectivity index (χ0v) is 13.5. The predicted molar refractivity (Wildman–Crippen MR) is 91.2 cm³/mol. The van der Waals surface area contributed by atoms with Crippen molar-refractivity contribution >= 4 is 11.9 Å². The Kier molecular flexibility index (Phi) is 4.47. The van der Waals surface area contributed by atoms with E-state index in [4.69, 9.17) is 9.47 Å². The van der Waals surface area contributed by atoms with Gasteiger partial charge in [0.15, 0.2) is 17.3 Å². The minimum atomic E-state index is 0.118. The maximum absolute atomic E-state index is 12.5. The van der Waals surface area contributed by atoms with E-state index in [1.807, 2.05) is 48.5 Å². The molecule has 0 atom stereocenters. The minimum absolute atomic E-state index is 0.118. The zero-order chi connectivity index (χ0) is 16.2. The molecule has 0 aliphatic heterocycles. The summed E-state index contributed by atoms with van der Waals surface area (Å²) < 4.78 is 11.1. The maximum atomic E-state index is 12.5. The Morgan fingerprint density at radius 1 is 1.13 bits per heavy atom. The van der Waals surface area contributed by atoms with E-state index >= 15 is 0 Å². The number of carbonyl (C=O) groups is 1. The standard InChI is InChI=1S/C20H20O3/c1-3-10-23-19-12-14(8-9-18(19)22-2)11-16-13-15-6-4-5-7-17(15)20(16)21/h4-9,11-12H,3,10,13H2,1-2H3. The molecule has 0 amide bonds. The van der Waals surface area contributed by atoms with Crippen molar-refractivity contribution in [1.29, 1.82) is 0 Å². The van der Waals surface area contributed by atoms with Gasteiger partial charge in [0.1, 0.15) is 0 Å². The van der Waals surface area contributed by atoms with Crippen LogP contribution < -0.4 is 9.47 Å². The predicted octanol–water partition coefficient (Wildman–Crippen LogP) is 4.31. The van der Waals surface area contributed by atoms with Crippen LogP contribution in [-0.4, -0.2) is 19.5 Å². The second-order valence-electron chi connectivity index (χ2n) is 5.59. The van der Waals surface area contributed by atoms with Crippen molar-refractivity contribution in [1.82, 2.24) is 0 Å². The van der Waals surface area contributed by atoms with Crippen molar-refractivity contribution in [3.05, 3.63) is 64.7 Å². The molecule has 2 aromatic rings. The molecule has 0 N–H and O–H groups in total. The fourth-order valence-electron chi connectivity index (χ4n) is 2.78. The number of Topliss-reactive ketones (excluding diaryl/α,β-unsaturated/α-hetero) is 1. The molecule has 3 nitrogen and oxygen atoms in total. The normalized spacial score (nSPS) is 14.9. The van der Waals surface area contributed by atoms with Crippen LogP contribution in [0.15, 0.2) is 48.0 Å². The first kappa shape index (κ1) is 15.3. The highest BCUT2D eigenvalue weighted by Gasteiger charge is 2.23. The third-order valence-corrected chi connectivity index (χ3v) is 3.92. The summed E-state index contributed by atoms with van der Waals surface area (Å²) in [4.78, 5) is 12.5. The minimum Gasteiger partial charge on any atom is -0.493 e. The van der Waals surface area contributed by atoms with Crippen molar-refractivity contribution in [3.8, 4) is 11.5 Å². The summed E-state index contributed by atoms with van der Waals surface area (Å²) in [6.45, 7) is 2.70. The molecule has 23 heavy (non-hydrogen) atoms. The van der Waals surface area contributed by atoms with Crippen LogP contribution in [0.1, 0.15) is 34.8 Å². The van der Waals surface area contributed by atoms with Gasteiger partial charge in [-0.2, -0.15) is 0 Å². The molecule has 118 valence electrons. The molecule has 0 radical (unpaired) electrons. The number of ketones is 1. The van der Waals surface area contributed by atoms with Gasteiger partial charge in [0.2, 0.25) is 0 Å². The van der Waals surface area contributed by atoms with E-state index in [2.05, 4.69) is 6.92 Å². The van der Waals surface area contributed by atoms with Crippen LogP contribution in [0.25, 0.3) is 6.08 Å². The number of methoxy groups -OCH3 is 1. The highest BCUT2D eigenvalue weighted by atomic mass is 16.5. The quantitative estimate of drug-likeness (QED) is 0.772. The van der Waals surface area contributed by atoms with Gasteiger partial charge in [0, 0.05) is 17.6 Å². The van der Waals surface area contributed by atoms with Gasteiger partial charge < -0.3 is 9.47 Å². The SMILES string of the molecule is CCCOc1cc(C=C2Cc3ccccc3C2=O)ccc1OC. The number of benzene rings is 2. The van der Waals surface area contributed by atoms with Crippen LogP contribution in [0, 0.1) is 0 Å². The molecule has 0 saturated heterocycles. The van der Waals surface area contributed by atoms with Gasteiger partial charge in [-0.3, -0.25) is 4.79 Å². The molecular weight excluding hydrogens is 288 g/mol. The first-order valence-corrected chi connectivity index (χ1v) is 7.87. The van der Waals surface area contributed by atoms with E-state index in [9.17, 15) is 4.79 Å². The average Bonchev–Trinajstić information content (AvgIpc) is 2.89. The first-order chi connectivity index (χ1) is 11.2. The Balaban J connectivity index is 1.90. The molecule has 0 fully saturated rings. The third kappa shape index (κ3) is 3.14. The van der Waals surface area contributed by atoms with Crippen molar-refractivity contribution in [2.24, 2.45) is 0 Å². The number of ether oxygens (including phenoxy) is 2. The summed E-state index contributed by atoms with van der Waals surface area (Å²) in [6.07, 6.45) is 3.56. The van der Waals surface area contributed by atoms with E-state index in [-0.39, 0.29) is 5.78 Å². The van der Waals surface area contributed by atoms with Gasteiger partial charge in [-0.1, -0.05) is 37.3 Å². The van der Waals surface area contributed by atoms with Crippen molar-refractivity contribution in [2.45, 2.75) is 19.8 Å². The summed E-state index contributed by atoms with van der Waals surface area (Å²) in [5.41, 5.74) is 3.68. The van der Waals surface area contributed by atoms with Gasteiger partial charge in [0.05, 0.1) is 13.7 Å². The largest absolute Gasteiger partial charge is 0.493 e. The fraction of sp³-hybridized carbons (Fsp3) is 0.250. The smallest absolute Gasteiger partial charge is 0.189 e. The summed E-state index contributed by atoms with van der Waals surface area (Å²) in [6, 6.07) is 13.5. The molecule has 1 aliphatic carbocycles. The summed E-state index contributed by atoms with van der Waals surface area (Å²) in [5, 5.41) is 0. The second kappa shape index (κ2) is 6.69. The Morgan fingerprint density at radius 2 is 1.96 bits per heavy atom. The number of allylic oxidation sites excluding steroid dienone is 1. The Hall–Kier alpha value is -2.55. The average molecular weight is 308 g/mol. The Labute approximate surface area is 136 Å². The Morgan fingerprint density at radius 3 is 2.70 bits per heavy atom. The molecule has 3 rings (SSSR count). The van der Waals surface area contributed by atoms with Crippen LogP contribution in [0.4, 0.5) is 0 Å². The van der Waals surface area contributed by atoms with Crippen LogP contribution in [0.3, 0.4) is 0 Å². The monoisotopic (exact) mass is 308 g/mol. The number of hydrogen-bond donors (Lipinski definition) is 0. The van der Waals surface area contributed by atoms with Crippen LogP contribution >= 0.6 is 0 Å². The molecule has 3 heteroatoms. The van der Waals surface area contributed by atoms with E-state index < -0.39 is 0 Å². The third-order valence-electron chi connectivity index (χ3n) is 3.92. The van der Waals surface area contributed by atoms with E-state index in [1.165, 1.54) is 0 Å². The maximum Gasteiger partial charge on any atom is 0.189 e. The zero-order valence-electron chi connectivity index (χ0n) is 13.5. The van der Waals surface area contributed by atoms with E-state index in [0.717, 1.165) is 28.7 Å². The number of carbonyl (C=O) groups excluding carboxylic acids is 1. The topological polar surface area (TPSA) is 35.5 Å². The summed E-state index contributed by atoms with van der Waals surface area (Å²) in [5.74, 6) is 1.54. The molecule has 0 unspecified atom stereocenters. The molecule has 0 heterocycles. The van der Waals surface area contributed by atoms with Gasteiger partial charge >= 0.3 is 0 Å². The first-order valence-electron chi connectivity index (χ1n) is 7.87. The molecule has 0 aromatic heterocycles. The summed E-state index contributed by atoms with van der Waals surface area (Å²) in [7, 11) is 1.63. The van der Waals surface area contributed by atoms with Crippen LogP contribution in [0.2, 0.25) is 0 Å². The second-order valence-corrected chi connectivity index (χ2v) is 5.59. The number of fused-ring (bicyclic) bond motifs is 1. The van der Waals surface area contributed by atoms with Crippen LogP contribution in [0.5, 0.6) is 11.5 Å². The summed E-state index contributed by atoms with van der Waals surface area (Å²) >= 11 is 0. The van der Waals surface area contributed by atoms with E-state index in [1.54, 1.807) is 7.11 Å². The van der Waals surface area contributed by atoms with Crippen molar-refractivity contribution < 1.29 is 14.3 Å².